The number of hydrogen-bond donors (Lipinski definition) is 5. The zero-order chi connectivity index (χ0) is 39.3. The van der Waals surface area contributed by atoms with Crippen LogP contribution >= 0.6 is 0 Å². The maximum Gasteiger partial charge on any atom is 0.407 e. The molecule has 1 aromatic rings. The van der Waals surface area contributed by atoms with Gasteiger partial charge in [-0.2, -0.15) is 13.2 Å². The van der Waals surface area contributed by atoms with Crippen LogP contribution < -0.4 is 21.3 Å². The van der Waals surface area contributed by atoms with E-state index in [9.17, 15) is 42.3 Å². The fraction of sp³-hybridized carbons (Fsp3) is 0.658. The van der Waals surface area contributed by atoms with Gasteiger partial charge in [-0.25, -0.2) is 4.79 Å². The van der Waals surface area contributed by atoms with Crippen molar-refractivity contribution in [1.82, 2.24) is 20.9 Å². The molecule has 15 heteroatoms. The van der Waals surface area contributed by atoms with Crippen molar-refractivity contribution >= 4 is 35.4 Å². The van der Waals surface area contributed by atoms with Gasteiger partial charge in [-0.15, -0.1) is 0 Å². The van der Waals surface area contributed by atoms with Crippen LogP contribution in [0.25, 0.3) is 0 Å². The SMILES string of the molecule is CC(C)[C@H](N[C@H](CCCCCN1C(=O)C=CC1=O)C(F)(F)F)C(=O)N[C@@H](CC1CCC(CNC(=O)OC(C)(C)C)CC1)C(=O)Nc1ccc(CO)cc1. The van der Waals surface area contributed by atoms with Crippen LogP contribution in [0.15, 0.2) is 36.4 Å². The predicted octanol–water partition coefficient (Wildman–Crippen LogP) is 5.35. The highest BCUT2D eigenvalue weighted by Crippen LogP contribution is 2.32. The number of alkyl halides is 3. The number of carbonyl (C=O) groups excluding carboxylic acids is 5. The van der Waals surface area contributed by atoms with Crippen molar-refractivity contribution in [3.8, 4) is 0 Å². The molecule has 12 nitrogen and oxygen atoms in total. The number of benzene rings is 1. The molecule has 53 heavy (non-hydrogen) atoms. The monoisotopic (exact) mass is 751 g/mol. The molecule has 1 saturated carbocycles. The number of unbranched alkanes of at least 4 members (excludes halogenated alkanes) is 2. The van der Waals surface area contributed by atoms with Crippen LogP contribution in [-0.2, 0) is 30.5 Å². The quantitative estimate of drug-likeness (QED) is 0.0989. The summed E-state index contributed by atoms with van der Waals surface area (Å²) in [6.07, 6.45) is 0.945. The number of aliphatic hydroxyl groups is 1. The first-order valence-electron chi connectivity index (χ1n) is 18.5. The zero-order valence-corrected chi connectivity index (χ0v) is 31.4. The minimum absolute atomic E-state index is 0.0379. The van der Waals surface area contributed by atoms with Crippen LogP contribution in [0.2, 0.25) is 0 Å². The summed E-state index contributed by atoms with van der Waals surface area (Å²) >= 11 is 0. The number of hydrogen-bond acceptors (Lipinski definition) is 8. The van der Waals surface area contributed by atoms with E-state index in [1.165, 1.54) is 0 Å². The average Bonchev–Trinajstić information content (AvgIpc) is 3.40. The third-order valence-electron chi connectivity index (χ3n) is 9.51. The zero-order valence-electron chi connectivity index (χ0n) is 31.4. The lowest BCUT2D eigenvalue weighted by molar-refractivity contribution is -0.161. The summed E-state index contributed by atoms with van der Waals surface area (Å²) in [5.41, 5.74) is 0.470. The highest BCUT2D eigenvalue weighted by Gasteiger charge is 2.42. The molecule has 1 heterocycles. The molecule has 1 aromatic carbocycles. The number of imide groups is 1. The molecule has 5 N–H and O–H groups in total. The number of ether oxygens (including phenoxy) is 1. The van der Waals surface area contributed by atoms with Crippen LogP contribution in [0.4, 0.5) is 23.7 Å². The smallest absolute Gasteiger partial charge is 0.407 e. The third-order valence-corrected chi connectivity index (χ3v) is 9.51. The van der Waals surface area contributed by atoms with Gasteiger partial charge in [0.2, 0.25) is 11.8 Å². The molecule has 0 bridgehead atoms. The lowest BCUT2D eigenvalue weighted by atomic mass is 9.79. The van der Waals surface area contributed by atoms with E-state index >= 15 is 0 Å². The Kier molecular flexibility index (Phi) is 16.3. The van der Waals surface area contributed by atoms with E-state index in [0.29, 0.717) is 30.6 Å². The minimum Gasteiger partial charge on any atom is -0.444 e. The van der Waals surface area contributed by atoms with E-state index in [1.54, 1.807) is 58.9 Å². The Morgan fingerprint density at radius 1 is 0.906 bits per heavy atom. The largest absolute Gasteiger partial charge is 0.444 e. The van der Waals surface area contributed by atoms with Crippen molar-refractivity contribution in [3.63, 3.8) is 0 Å². The second kappa shape index (κ2) is 19.9. The standard InChI is InChI=1S/C38H56F3N5O7/c1-24(2)33(45-30(38(39,40)41)9-7-6-8-20-46-31(48)18-19-32(46)49)35(51)44-29(34(50)43-28-16-14-27(23-47)15-17-28)21-25-10-12-26(13-11-25)22-42-36(52)53-37(3,4)5/h14-19,24-26,29-30,33,45,47H,6-13,20-23H2,1-5H3,(H,42,52)(H,43,50)(H,44,51)/t25?,26?,29-,30+,33-/m0/s1. The Hall–Kier alpha value is -3.98. The van der Waals surface area contributed by atoms with Crippen molar-refractivity contribution in [2.45, 2.75) is 129 Å². The molecule has 3 atom stereocenters. The fourth-order valence-corrected chi connectivity index (χ4v) is 6.54. The fourth-order valence-electron chi connectivity index (χ4n) is 6.54. The Morgan fingerprint density at radius 2 is 1.51 bits per heavy atom. The third kappa shape index (κ3) is 14.8. The molecule has 1 fully saturated rings. The Bertz CT molecular complexity index is 1400. The van der Waals surface area contributed by atoms with Gasteiger partial charge in [-0.1, -0.05) is 51.7 Å². The number of alkyl carbamates (subject to hydrolysis) is 1. The summed E-state index contributed by atoms with van der Waals surface area (Å²) in [7, 11) is 0. The van der Waals surface area contributed by atoms with Crippen molar-refractivity contribution in [2.75, 3.05) is 18.4 Å². The number of carbonyl (C=O) groups is 5. The molecular weight excluding hydrogens is 695 g/mol. The van der Waals surface area contributed by atoms with Gasteiger partial charge in [-0.3, -0.25) is 29.4 Å². The van der Waals surface area contributed by atoms with Gasteiger partial charge in [0, 0.05) is 30.9 Å². The van der Waals surface area contributed by atoms with Gasteiger partial charge < -0.3 is 25.8 Å². The van der Waals surface area contributed by atoms with E-state index in [4.69, 9.17) is 4.74 Å². The summed E-state index contributed by atoms with van der Waals surface area (Å²) in [4.78, 5) is 64.1. The molecule has 3 rings (SSSR count). The Balaban J connectivity index is 1.65. The number of aliphatic hydroxyl groups excluding tert-OH is 1. The number of nitrogens with one attached hydrogen (secondary N) is 4. The first kappa shape index (κ1) is 43.4. The van der Waals surface area contributed by atoms with Gasteiger partial charge in [0.25, 0.3) is 11.8 Å². The lowest BCUT2D eigenvalue weighted by Crippen LogP contribution is -2.58. The van der Waals surface area contributed by atoms with Crippen molar-refractivity contribution in [2.24, 2.45) is 17.8 Å². The summed E-state index contributed by atoms with van der Waals surface area (Å²) in [6, 6.07) is 2.23. The molecule has 296 valence electrons. The van der Waals surface area contributed by atoms with Gasteiger partial charge in [0.15, 0.2) is 0 Å². The van der Waals surface area contributed by atoms with Crippen LogP contribution in [0.3, 0.4) is 0 Å². The topological polar surface area (TPSA) is 166 Å². The second-order valence-corrected chi connectivity index (χ2v) is 15.4. The maximum absolute atomic E-state index is 14.3. The van der Waals surface area contributed by atoms with Crippen LogP contribution in [-0.4, -0.2) is 82.7 Å². The summed E-state index contributed by atoms with van der Waals surface area (Å²) in [5, 5.41) is 20.3. The highest BCUT2D eigenvalue weighted by atomic mass is 19.4. The molecule has 0 spiro atoms. The molecule has 0 aromatic heterocycles. The molecule has 5 amide bonds. The lowest BCUT2D eigenvalue weighted by Gasteiger charge is -2.33. The molecule has 2 aliphatic rings. The van der Waals surface area contributed by atoms with Gasteiger partial charge in [-0.05, 0) is 88.3 Å². The summed E-state index contributed by atoms with van der Waals surface area (Å²) in [5.74, 6) is -2.42. The molecule has 0 unspecified atom stereocenters. The molecule has 1 aliphatic carbocycles. The van der Waals surface area contributed by atoms with Crippen molar-refractivity contribution < 1.29 is 47.0 Å². The summed E-state index contributed by atoms with van der Waals surface area (Å²) in [6.45, 7) is 9.01. The highest BCUT2D eigenvalue weighted by molar-refractivity contribution is 6.12. The van der Waals surface area contributed by atoms with E-state index in [1.807, 2.05) is 0 Å². The van der Waals surface area contributed by atoms with Crippen LogP contribution in [0, 0.1) is 17.8 Å². The normalized spacial score (nSPS) is 19.5. The van der Waals surface area contributed by atoms with Crippen LogP contribution in [0.1, 0.15) is 98.0 Å². The average molecular weight is 752 g/mol. The second-order valence-electron chi connectivity index (χ2n) is 15.4. The minimum atomic E-state index is -4.66. The molecular formula is C38H56F3N5O7. The maximum atomic E-state index is 14.3. The van der Waals surface area contributed by atoms with E-state index < -0.39 is 65.5 Å². The van der Waals surface area contributed by atoms with Crippen molar-refractivity contribution in [3.05, 3.63) is 42.0 Å². The van der Waals surface area contributed by atoms with E-state index in [-0.39, 0.29) is 44.2 Å². The van der Waals surface area contributed by atoms with Gasteiger partial charge in [0.05, 0.1) is 12.6 Å². The van der Waals surface area contributed by atoms with E-state index in [0.717, 1.165) is 42.7 Å². The van der Waals surface area contributed by atoms with E-state index in [2.05, 4.69) is 21.3 Å². The first-order valence-corrected chi connectivity index (χ1v) is 18.5. The molecule has 0 radical (unpaired) electrons. The van der Waals surface area contributed by atoms with Gasteiger partial charge in [0.1, 0.15) is 17.7 Å². The molecule has 0 saturated heterocycles. The Morgan fingerprint density at radius 3 is 2.06 bits per heavy atom. The number of rotatable bonds is 18. The first-order chi connectivity index (χ1) is 24.9. The number of nitrogens with zero attached hydrogens (tertiary/aromatic N) is 1. The number of amides is 5. The van der Waals surface area contributed by atoms with Gasteiger partial charge >= 0.3 is 12.3 Å². The number of halogens is 3. The Labute approximate surface area is 310 Å². The molecule has 1 aliphatic heterocycles. The predicted molar refractivity (Wildman–Crippen MR) is 193 cm³/mol. The summed E-state index contributed by atoms with van der Waals surface area (Å²) < 4.78 is 48.1. The van der Waals surface area contributed by atoms with Crippen LogP contribution in [0.5, 0.6) is 0 Å². The van der Waals surface area contributed by atoms with Crippen molar-refractivity contribution in [1.29, 1.82) is 0 Å². The number of anilines is 1.